The number of aliphatic imine (C=N–C) groups is 1. The molecule has 0 saturated carbocycles. The number of ether oxygens (including phenoxy) is 2. The predicted molar refractivity (Wildman–Crippen MR) is 89.9 cm³/mol. The molecule has 2 rings (SSSR count). The van der Waals surface area contributed by atoms with Gasteiger partial charge in [0.15, 0.2) is 17.5 Å². The van der Waals surface area contributed by atoms with Gasteiger partial charge in [0.05, 0.1) is 20.8 Å². The molecule has 0 fully saturated rings. The van der Waals surface area contributed by atoms with Crippen molar-refractivity contribution in [2.75, 3.05) is 19.5 Å². The first-order valence-corrected chi connectivity index (χ1v) is 7.04. The Morgan fingerprint density at radius 3 is 2.55 bits per heavy atom. The van der Waals surface area contributed by atoms with E-state index in [9.17, 15) is 0 Å². The highest BCUT2D eigenvalue weighted by Gasteiger charge is 2.05. The van der Waals surface area contributed by atoms with E-state index in [0.29, 0.717) is 29.0 Å². The fourth-order valence-corrected chi connectivity index (χ4v) is 2.09. The number of rotatable bonds is 5. The van der Waals surface area contributed by atoms with Crippen molar-refractivity contribution >= 4 is 23.2 Å². The monoisotopic (exact) mass is 319 g/mol. The van der Waals surface area contributed by atoms with E-state index in [1.807, 2.05) is 30.3 Å². The van der Waals surface area contributed by atoms with Gasteiger partial charge in [-0.3, -0.25) is 0 Å². The molecule has 0 amide bonds. The standard InChI is InChI=1S/C16H18ClN3O2/c1-21-14-8-7-12(9-15(14)22-2)20-16(18)19-10-11-5-3-4-6-13(11)17/h3-9H,10H2,1-2H3,(H3,18,19,20). The highest BCUT2D eigenvalue weighted by molar-refractivity contribution is 6.31. The van der Waals surface area contributed by atoms with Gasteiger partial charge in [-0.15, -0.1) is 0 Å². The molecule has 0 bridgehead atoms. The molecule has 0 aliphatic rings. The fourth-order valence-electron chi connectivity index (χ4n) is 1.90. The van der Waals surface area contributed by atoms with E-state index < -0.39 is 0 Å². The number of anilines is 1. The summed E-state index contributed by atoms with van der Waals surface area (Å²) in [5.41, 5.74) is 7.57. The maximum atomic E-state index is 6.08. The van der Waals surface area contributed by atoms with Crippen molar-refractivity contribution in [1.29, 1.82) is 0 Å². The number of hydrogen-bond acceptors (Lipinski definition) is 3. The minimum atomic E-state index is 0.298. The maximum Gasteiger partial charge on any atom is 0.193 e. The summed E-state index contributed by atoms with van der Waals surface area (Å²) in [6, 6.07) is 12.9. The quantitative estimate of drug-likeness (QED) is 0.655. The van der Waals surface area contributed by atoms with E-state index in [0.717, 1.165) is 11.3 Å². The molecule has 5 nitrogen and oxygen atoms in total. The Morgan fingerprint density at radius 1 is 1.14 bits per heavy atom. The van der Waals surface area contributed by atoms with Crippen LogP contribution in [0.3, 0.4) is 0 Å². The molecule has 0 aliphatic heterocycles. The second-order valence-electron chi connectivity index (χ2n) is 4.49. The Hall–Kier alpha value is -2.40. The van der Waals surface area contributed by atoms with Crippen LogP contribution in [0.2, 0.25) is 5.02 Å². The van der Waals surface area contributed by atoms with Crippen LogP contribution in [0.1, 0.15) is 5.56 Å². The molecule has 0 radical (unpaired) electrons. The molecule has 0 aliphatic carbocycles. The van der Waals surface area contributed by atoms with E-state index in [-0.39, 0.29) is 0 Å². The van der Waals surface area contributed by atoms with Crippen molar-refractivity contribution in [3.05, 3.63) is 53.1 Å². The summed E-state index contributed by atoms with van der Waals surface area (Å²) in [6.07, 6.45) is 0. The molecule has 0 unspecified atom stereocenters. The van der Waals surface area contributed by atoms with Gasteiger partial charge in [0.2, 0.25) is 0 Å². The zero-order valence-electron chi connectivity index (χ0n) is 12.5. The number of guanidine groups is 1. The summed E-state index contributed by atoms with van der Waals surface area (Å²) in [7, 11) is 3.17. The number of nitrogens with zero attached hydrogens (tertiary/aromatic N) is 1. The zero-order chi connectivity index (χ0) is 15.9. The fraction of sp³-hybridized carbons (Fsp3) is 0.188. The van der Waals surface area contributed by atoms with Crippen LogP contribution in [0.15, 0.2) is 47.5 Å². The first-order valence-electron chi connectivity index (χ1n) is 6.66. The van der Waals surface area contributed by atoms with E-state index in [4.69, 9.17) is 26.8 Å². The molecular weight excluding hydrogens is 302 g/mol. The lowest BCUT2D eigenvalue weighted by Gasteiger charge is -2.11. The van der Waals surface area contributed by atoms with Crippen LogP contribution < -0.4 is 20.5 Å². The van der Waals surface area contributed by atoms with Crippen LogP contribution in [0, 0.1) is 0 Å². The predicted octanol–water partition coefficient (Wildman–Crippen LogP) is 3.28. The Morgan fingerprint density at radius 2 is 1.86 bits per heavy atom. The third kappa shape index (κ3) is 4.05. The molecule has 0 heterocycles. The Balaban J connectivity index is 2.07. The molecule has 2 aromatic carbocycles. The maximum absolute atomic E-state index is 6.08. The average molecular weight is 320 g/mol. The van der Waals surface area contributed by atoms with Crippen LogP contribution in [0.5, 0.6) is 11.5 Å². The number of nitrogens with one attached hydrogen (secondary N) is 1. The van der Waals surface area contributed by atoms with Crippen molar-refractivity contribution in [3.8, 4) is 11.5 Å². The van der Waals surface area contributed by atoms with Crippen LogP contribution in [0.4, 0.5) is 5.69 Å². The van der Waals surface area contributed by atoms with Gasteiger partial charge in [-0.05, 0) is 23.8 Å². The Bertz CT molecular complexity index is 674. The molecule has 3 N–H and O–H groups in total. The Labute approximate surface area is 134 Å². The summed E-state index contributed by atoms with van der Waals surface area (Å²) in [5, 5.41) is 3.68. The Kier molecular flexibility index (Phi) is 5.49. The van der Waals surface area contributed by atoms with Gasteiger partial charge in [-0.25, -0.2) is 4.99 Å². The van der Waals surface area contributed by atoms with Gasteiger partial charge < -0.3 is 20.5 Å². The smallest absolute Gasteiger partial charge is 0.193 e. The second-order valence-corrected chi connectivity index (χ2v) is 4.89. The van der Waals surface area contributed by atoms with Crippen molar-refractivity contribution in [2.24, 2.45) is 10.7 Å². The van der Waals surface area contributed by atoms with Crippen molar-refractivity contribution in [3.63, 3.8) is 0 Å². The summed E-state index contributed by atoms with van der Waals surface area (Å²) >= 11 is 6.08. The second kappa shape index (κ2) is 7.56. The first-order chi connectivity index (χ1) is 10.6. The van der Waals surface area contributed by atoms with Gasteiger partial charge in [0, 0.05) is 16.8 Å². The molecule has 2 aromatic rings. The molecule has 0 atom stereocenters. The van der Waals surface area contributed by atoms with Crippen molar-refractivity contribution in [2.45, 2.75) is 6.54 Å². The van der Waals surface area contributed by atoms with Gasteiger partial charge in [-0.2, -0.15) is 0 Å². The normalized spacial score (nSPS) is 11.1. The molecule has 22 heavy (non-hydrogen) atoms. The third-order valence-corrected chi connectivity index (χ3v) is 3.40. The highest BCUT2D eigenvalue weighted by atomic mass is 35.5. The molecular formula is C16H18ClN3O2. The molecule has 116 valence electrons. The SMILES string of the molecule is COc1ccc(NC(N)=NCc2ccccc2Cl)cc1OC. The average Bonchev–Trinajstić information content (AvgIpc) is 2.54. The van der Waals surface area contributed by atoms with Gasteiger partial charge in [0.25, 0.3) is 0 Å². The number of methoxy groups -OCH3 is 2. The first kappa shape index (κ1) is 16.0. The minimum absolute atomic E-state index is 0.298. The number of nitrogens with two attached hydrogens (primary N) is 1. The van der Waals surface area contributed by atoms with Crippen LogP contribution >= 0.6 is 11.6 Å². The number of hydrogen-bond donors (Lipinski definition) is 2. The highest BCUT2D eigenvalue weighted by Crippen LogP contribution is 2.29. The minimum Gasteiger partial charge on any atom is -0.493 e. The molecule has 6 heteroatoms. The van der Waals surface area contributed by atoms with E-state index in [1.165, 1.54) is 0 Å². The van der Waals surface area contributed by atoms with E-state index in [2.05, 4.69) is 10.3 Å². The lowest BCUT2D eigenvalue weighted by atomic mass is 10.2. The lowest BCUT2D eigenvalue weighted by molar-refractivity contribution is 0.355. The van der Waals surface area contributed by atoms with Crippen molar-refractivity contribution in [1.82, 2.24) is 0 Å². The summed E-state index contributed by atoms with van der Waals surface area (Å²) in [6.45, 7) is 0.409. The largest absolute Gasteiger partial charge is 0.493 e. The van der Waals surface area contributed by atoms with Crippen LogP contribution in [-0.4, -0.2) is 20.2 Å². The van der Waals surface area contributed by atoms with Gasteiger partial charge >= 0.3 is 0 Å². The topological polar surface area (TPSA) is 68.9 Å². The number of benzene rings is 2. The van der Waals surface area contributed by atoms with E-state index in [1.54, 1.807) is 26.4 Å². The number of halogens is 1. The lowest BCUT2D eigenvalue weighted by Crippen LogP contribution is -2.22. The van der Waals surface area contributed by atoms with Crippen LogP contribution in [0.25, 0.3) is 0 Å². The van der Waals surface area contributed by atoms with Gasteiger partial charge in [-0.1, -0.05) is 29.8 Å². The summed E-state index contributed by atoms with van der Waals surface area (Å²) in [5.74, 6) is 1.57. The summed E-state index contributed by atoms with van der Waals surface area (Å²) < 4.78 is 10.4. The molecule has 0 aromatic heterocycles. The van der Waals surface area contributed by atoms with Gasteiger partial charge in [0.1, 0.15) is 0 Å². The van der Waals surface area contributed by atoms with Crippen LogP contribution in [-0.2, 0) is 6.54 Å². The van der Waals surface area contributed by atoms with E-state index >= 15 is 0 Å². The summed E-state index contributed by atoms with van der Waals surface area (Å²) in [4.78, 5) is 4.28. The van der Waals surface area contributed by atoms with Crippen molar-refractivity contribution < 1.29 is 9.47 Å². The molecule has 0 saturated heterocycles. The molecule has 0 spiro atoms. The zero-order valence-corrected chi connectivity index (χ0v) is 13.2. The third-order valence-electron chi connectivity index (χ3n) is 3.03.